The second-order valence-corrected chi connectivity index (χ2v) is 8.22. The predicted octanol–water partition coefficient (Wildman–Crippen LogP) is 2.13. The molecular formula is C20H31N3O2S. The van der Waals surface area contributed by atoms with E-state index in [2.05, 4.69) is 17.0 Å². The summed E-state index contributed by atoms with van der Waals surface area (Å²) in [5.74, 6) is 2.46. The van der Waals surface area contributed by atoms with Crippen LogP contribution in [0, 0.1) is 0 Å². The Bertz CT molecular complexity index is 543. The normalized spacial score (nSPS) is 20.9. The summed E-state index contributed by atoms with van der Waals surface area (Å²) in [6.07, 6.45) is 3.02. The van der Waals surface area contributed by atoms with Gasteiger partial charge in [0.15, 0.2) is 0 Å². The lowest BCUT2D eigenvalue weighted by atomic mass is 10.0. The average Bonchev–Trinajstić information content (AvgIpc) is 2.70. The van der Waals surface area contributed by atoms with Crippen LogP contribution in [0.15, 0.2) is 30.3 Å². The summed E-state index contributed by atoms with van der Waals surface area (Å²) < 4.78 is 5.88. The molecule has 144 valence electrons. The number of carbonyl (C=O) groups excluding carboxylic acids is 1. The number of nitrogens with zero attached hydrogens (tertiary/aromatic N) is 2. The molecular weight excluding hydrogens is 346 g/mol. The van der Waals surface area contributed by atoms with Crippen LogP contribution in [0.1, 0.15) is 30.9 Å². The van der Waals surface area contributed by atoms with E-state index in [1.165, 1.54) is 0 Å². The standard InChI is InChI=1S/C20H31N3O2S/c21-9-4-14-25-18-7-10-23(11-8-18)20(24)19(17-5-2-1-3-6-17)22-12-15-26-16-13-22/h1-3,5-6,18-19H,4,7-16,21H2. The number of thioether (sulfide) groups is 1. The molecule has 2 heterocycles. The van der Waals surface area contributed by atoms with Gasteiger partial charge >= 0.3 is 0 Å². The molecule has 0 saturated carbocycles. The highest BCUT2D eigenvalue weighted by Crippen LogP contribution is 2.28. The number of hydrogen-bond acceptors (Lipinski definition) is 5. The molecule has 2 aliphatic heterocycles. The molecule has 0 radical (unpaired) electrons. The van der Waals surface area contributed by atoms with Gasteiger partial charge in [-0.15, -0.1) is 0 Å². The van der Waals surface area contributed by atoms with E-state index in [9.17, 15) is 4.79 Å². The van der Waals surface area contributed by atoms with Crippen molar-refractivity contribution in [3.8, 4) is 0 Å². The lowest BCUT2D eigenvalue weighted by molar-refractivity contribution is -0.140. The lowest BCUT2D eigenvalue weighted by Gasteiger charge is -2.39. The van der Waals surface area contributed by atoms with Gasteiger partial charge in [-0.1, -0.05) is 30.3 Å². The summed E-state index contributed by atoms with van der Waals surface area (Å²) >= 11 is 1.98. The number of hydrogen-bond donors (Lipinski definition) is 1. The largest absolute Gasteiger partial charge is 0.378 e. The van der Waals surface area contributed by atoms with E-state index in [1.807, 2.05) is 34.9 Å². The third-order valence-electron chi connectivity index (χ3n) is 5.22. The Morgan fingerprint density at radius 1 is 1.15 bits per heavy atom. The van der Waals surface area contributed by atoms with E-state index < -0.39 is 0 Å². The van der Waals surface area contributed by atoms with Gasteiger partial charge in [-0.25, -0.2) is 0 Å². The van der Waals surface area contributed by atoms with Crippen LogP contribution in [0.25, 0.3) is 0 Å². The molecule has 26 heavy (non-hydrogen) atoms. The molecule has 2 saturated heterocycles. The minimum atomic E-state index is -0.146. The van der Waals surface area contributed by atoms with Crippen molar-refractivity contribution in [1.29, 1.82) is 0 Å². The minimum Gasteiger partial charge on any atom is -0.378 e. The zero-order valence-corrected chi connectivity index (χ0v) is 16.3. The first kappa shape index (κ1) is 19.7. The fraction of sp³-hybridized carbons (Fsp3) is 0.650. The highest BCUT2D eigenvalue weighted by Gasteiger charge is 2.34. The Morgan fingerprint density at radius 2 is 1.85 bits per heavy atom. The Kier molecular flexibility index (Phi) is 7.80. The van der Waals surface area contributed by atoms with Crippen LogP contribution in [-0.2, 0) is 9.53 Å². The number of amides is 1. The topological polar surface area (TPSA) is 58.8 Å². The van der Waals surface area contributed by atoms with Crippen molar-refractivity contribution < 1.29 is 9.53 Å². The van der Waals surface area contributed by atoms with Crippen molar-refractivity contribution in [2.45, 2.75) is 31.4 Å². The zero-order chi connectivity index (χ0) is 18.2. The second-order valence-electron chi connectivity index (χ2n) is 7.00. The van der Waals surface area contributed by atoms with Gasteiger partial charge in [0.2, 0.25) is 5.91 Å². The highest BCUT2D eigenvalue weighted by atomic mass is 32.2. The number of likely N-dealkylation sites (tertiary alicyclic amines) is 1. The first-order valence-electron chi connectivity index (χ1n) is 9.77. The molecule has 1 aromatic carbocycles. The summed E-state index contributed by atoms with van der Waals surface area (Å²) in [6, 6.07) is 10.1. The van der Waals surface area contributed by atoms with Crippen molar-refractivity contribution in [2.24, 2.45) is 5.73 Å². The molecule has 1 unspecified atom stereocenters. The average molecular weight is 378 g/mol. The van der Waals surface area contributed by atoms with Crippen LogP contribution >= 0.6 is 11.8 Å². The zero-order valence-electron chi connectivity index (χ0n) is 15.5. The molecule has 2 aliphatic rings. The molecule has 0 aliphatic carbocycles. The van der Waals surface area contributed by atoms with Gasteiger partial charge in [0.05, 0.1) is 6.10 Å². The Balaban J connectivity index is 1.63. The molecule has 6 heteroatoms. The van der Waals surface area contributed by atoms with Crippen LogP contribution in [0.3, 0.4) is 0 Å². The van der Waals surface area contributed by atoms with Crippen LogP contribution in [0.5, 0.6) is 0 Å². The van der Waals surface area contributed by atoms with Crippen molar-refractivity contribution in [2.75, 3.05) is 50.8 Å². The number of rotatable bonds is 7. The molecule has 2 N–H and O–H groups in total. The second kappa shape index (κ2) is 10.3. The smallest absolute Gasteiger partial charge is 0.244 e. The van der Waals surface area contributed by atoms with E-state index in [-0.39, 0.29) is 18.1 Å². The summed E-state index contributed by atoms with van der Waals surface area (Å²) in [7, 11) is 0. The van der Waals surface area contributed by atoms with Gasteiger partial charge in [0.25, 0.3) is 0 Å². The monoisotopic (exact) mass is 377 g/mol. The van der Waals surface area contributed by atoms with Gasteiger partial charge in [0, 0.05) is 44.3 Å². The number of piperidine rings is 1. The molecule has 0 aromatic heterocycles. The summed E-state index contributed by atoms with van der Waals surface area (Å²) in [5, 5.41) is 0. The van der Waals surface area contributed by atoms with E-state index >= 15 is 0 Å². The van der Waals surface area contributed by atoms with Gasteiger partial charge < -0.3 is 15.4 Å². The fourth-order valence-electron chi connectivity index (χ4n) is 3.73. The Hall–Kier alpha value is -1.08. The number of carbonyl (C=O) groups is 1. The number of nitrogens with two attached hydrogens (primary N) is 1. The first-order chi connectivity index (χ1) is 12.8. The number of benzene rings is 1. The van der Waals surface area contributed by atoms with E-state index in [0.717, 1.165) is 69.1 Å². The van der Waals surface area contributed by atoms with Gasteiger partial charge in [-0.3, -0.25) is 9.69 Å². The summed E-state index contributed by atoms with van der Waals surface area (Å²) in [4.78, 5) is 17.8. The van der Waals surface area contributed by atoms with Crippen LogP contribution in [0.2, 0.25) is 0 Å². The summed E-state index contributed by atoms with van der Waals surface area (Å²) in [5.41, 5.74) is 6.64. The fourth-order valence-corrected chi connectivity index (χ4v) is 4.66. The molecule has 2 fully saturated rings. The molecule has 1 amide bonds. The molecule has 0 spiro atoms. The molecule has 1 aromatic rings. The molecule has 5 nitrogen and oxygen atoms in total. The Labute approximate surface area is 161 Å². The van der Waals surface area contributed by atoms with Crippen molar-refractivity contribution in [3.05, 3.63) is 35.9 Å². The SMILES string of the molecule is NCCCOC1CCN(C(=O)C(c2ccccc2)N2CCSCC2)CC1. The summed E-state index contributed by atoms with van der Waals surface area (Å²) in [6.45, 7) is 4.94. The maximum Gasteiger partial charge on any atom is 0.244 e. The van der Waals surface area contributed by atoms with Gasteiger partial charge in [0.1, 0.15) is 6.04 Å². The molecule has 1 atom stereocenters. The Morgan fingerprint density at radius 3 is 2.50 bits per heavy atom. The first-order valence-corrected chi connectivity index (χ1v) is 10.9. The van der Waals surface area contributed by atoms with Crippen LogP contribution in [-0.4, -0.2) is 72.6 Å². The third kappa shape index (κ3) is 5.22. The third-order valence-corrected chi connectivity index (χ3v) is 6.16. The molecule has 0 bridgehead atoms. The van der Waals surface area contributed by atoms with Crippen LogP contribution in [0.4, 0.5) is 0 Å². The minimum absolute atomic E-state index is 0.146. The van der Waals surface area contributed by atoms with Crippen molar-refractivity contribution in [3.63, 3.8) is 0 Å². The van der Waals surface area contributed by atoms with Crippen molar-refractivity contribution in [1.82, 2.24) is 9.80 Å². The maximum atomic E-state index is 13.4. The lowest BCUT2D eigenvalue weighted by Crippen LogP contribution is -2.49. The predicted molar refractivity (Wildman–Crippen MR) is 107 cm³/mol. The van der Waals surface area contributed by atoms with E-state index in [1.54, 1.807) is 0 Å². The van der Waals surface area contributed by atoms with Gasteiger partial charge in [-0.05, 0) is 31.4 Å². The molecule has 3 rings (SSSR count). The number of ether oxygens (including phenoxy) is 1. The van der Waals surface area contributed by atoms with E-state index in [0.29, 0.717) is 6.54 Å². The van der Waals surface area contributed by atoms with Crippen molar-refractivity contribution >= 4 is 17.7 Å². The van der Waals surface area contributed by atoms with E-state index in [4.69, 9.17) is 10.5 Å². The van der Waals surface area contributed by atoms with Gasteiger partial charge in [-0.2, -0.15) is 11.8 Å². The maximum absolute atomic E-state index is 13.4. The van der Waals surface area contributed by atoms with Crippen LogP contribution < -0.4 is 5.73 Å². The quantitative estimate of drug-likeness (QED) is 0.738. The highest BCUT2D eigenvalue weighted by molar-refractivity contribution is 7.99.